The average Bonchev–Trinajstić information content (AvgIpc) is 3.04. The first kappa shape index (κ1) is 13.6. The van der Waals surface area contributed by atoms with Crippen LogP contribution in [0.15, 0.2) is 12.4 Å². The minimum absolute atomic E-state index is 0.401. The SMILES string of the molecule is CC(C)CNCC(C)(Cc1cnn(C)c1)C1CC1. The lowest BCUT2D eigenvalue weighted by atomic mass is 9.79. The fourth-order valence-electron chi connectivity index (χ4n) is 2.81. The van der Waals surface area contributed by atoms with Crippen molar-refractivity contribution in [1.82, 2.24) is 15.1 Å². The molecule has 1 aliphatic rings. The van der Waals surface area contributed by atoms with Crippen molar-refractivity contribution in [3.05, 3.63) is 18.0 Å². The topological polar surface area (TPSA) is 29.9 Å². The second-order valence-electron chi connectivity index (χ2n) is 6.65. The Kier molecular flexibility index (Phi) is 4.10. The van der Waals surface area contributed by atoms with Crippen molar-refractivity contribution in [1.29, 1.82) is 0 Å². The summed E-state index contributed by atoms with van der Waals surface area (Å²) in [7, 11) is 2.00. The summed E-state index contributed by atoms with van der Waals surface area (Å²) in [6.07, 6.45) is 8.13. The summed E-state index contributed by atoms with van der Waals surface area (Å²) >= 11 is 0. The van der Waals surface area contributed by atoms with E-state index in [4.69, 9.17) is 0 Å². The van der Waals surface area contributed by atoms with Crippen LogP contribution in [0.4, 0.5) is 0 Å². The second-order valence-corrected chi connectivity index (χ2v) is 6.65. The molecular weight excluding hydrogens is 222 g/mol. The van der Waals surface area contributed by atoms with E-state index < -0.39 is 0 Å². The molecule has 0 amide bonds. The van der Waals surface area contributed by atoms with Crippen molar-refractivity contribution in [3.8, 4) is 0 Å². The van der Waals surface area contributed by atoms with Crippen LogP contribution in [0.5, 0.6) is 0 Å². The van der Waals surface area contributed by atoms with Gasteiger partial charge in [-0.15, -0.1) is 0 Å². The van der Waals surface area contributed by atoms with Gasteiger partial charge in [0.1, 0.15) is 0 Å². The third-order valence-electron chi connectivity index (χ3n) is 4.01. The summed E-state index contributed by atoms with van der Waals surface area (Å²) < 4.78 is 1.91. The third kappa shape index (κ3) is 3.58. The normalized spacial score (nSPS) is 19.2. The first-order valence-corrected chi connectivity index (χ1v) is 7.18. The van der Waals surface area contributed by atoms with Gasteiger partial charge < -0.3 is 5.32 Å². The molecule has 0 aromatic carbocycles. The molecule has 1 aromatic heterocycles. The minimum Gasteiger partial charge on any atom is -0.316 e. The fraction of sp³-hybridized carbons (Fsp3) is 0.800. The Morgan fingerprint density at radius 3 is 2.72 bits per heavy atom. The number of aryl methyl sites for hydroxylation is 1. The van der Waals surface area contributed by atoms with Crippen LogP contribution in [0.25, 0.3) is 0 Å². The standard InChI is InChI=1S/C15H27N3/c1-12(2)8-16-11-15(3,14-5-6-14)7-13-9-17-18(4)10-13/h9-10,12,14,16H,5-8,11H2,1-4H3. The molecule has 2 rings (SSSR count). The van der Waals surface area contributed by atoms with E-state index in [1.54, 1.807) is 0 Å². The fourth-order valence-corrected chi connectivity index (χ4v) is 2.81. The predicted molar refractivity (Wildman–Crippen MR) is 75.5 cm³/mol. The van der Waals surface area contributed by atoms with Crippen LogP contribution in [-0.2, 0) is 13.5 Å². The lowest BCUT2D eigenvalue weighted by Crippen LogP contribution is -2.37. The predicted octanol–water partition coefficient (Wildman–Crippen LogP) is 2.62. The molecular formula is C15H27N3. The van der Waals surface area contributed by atoms with Gasteiger partial charge in [0.05, 0.1) is 6.20 Å². The van der Waals surface area contributed by atoms with Gasteiger partial charge >= 0.3 is 0 Å². The van der Waals surface area contributed by atoms with E-state index in [1.165, 1.54) is 18.4 Å². The molecule has 3 heteroatoms. The summed E-state index contributed by atoms with van der Waals surface area (Å²) in [4.78, 5) is 0. The zero-order chi connectivity index (χ0) is 13.2. The highest BCUT2D eigenvalue weighted by Gasteiger charge is 2.41. The van der Waals surface area contributed by atoms with Crippen molar-refractivity contribution >= 4 is 0 Å². The van der Waals surface area contributed by atoms with Crippen LogP contribution in [0.2, 0.25) is 0 Å². The largest absolute Gasteiger partial charge is 0.316 e. The molecule has 1 unspecified atom stereocenters. The Balaban J connectivity index is 1.93. The average molecular weight is 249 g/mol. The van der Waals surface area contributed by atoms with E-state index in [1.807, 2.05) is 17.9 Å². The Bertz CT molecular complexity index is 379. The van der Waals surface area contributed by atoms with Gasteiger partial charge in [0.25, 0.3) is 0 Å². The summed E-state index contributed by atoms with van der Waals surface area (Å²) in [5.74, 6) is 1.63. The molecule has 1 atom stereocenters. The number of hydrogen-bond acceptors (Lipinski definition) is 2. The number of nitrogens with one attached hydrogen (secondary N) is 1. The molecule has 3 nitrogen and oxygen atoms in total. The van der Waals surface area contributed by atoms with E-state index in [9.17, 15) is 0 Å². The quantitative estimate of drug-likeness (QED) is 0.805. The van der Waals surface area contributed by atoms with Gasteiger partial charge in [-0.3, -0.25) is 4.68 Å². The molecule has 0 saturated heterocycles. The van der Waals surface area contributed by atoms with Gasteiger partial charge in [0, 0.05) is 19.8 Å². The van der Waals surface area contributed by atoms with Crippen LogP contribution in [0.1, 0.15) is 39.2 Å². The van der Waals surface area contributed by atoms with Crippen LogP contribution < -0.4 is 5.32 Å². The summed E-state index contributed by atoms with van der Waals surface area (Å²) in [6.45, 7) is 9.22. The Labute approximate surface area is 111 Å². The Morgan fingerprint density at radius 2 is 2.22 bits per heavy atom. The number of hydrogen-bond donors (Lipinski definition) is 1. The Hall–Kier alpha value is -0.830. The van der Waals surface area contributed by atoms with Crippen molar-refractivity contribution in [2.75, 3.05) is 13.1 Å². The first-order valence-electron chi connectivity index (χ1n) is 7.18. The highest BCUT2D eigenvalue weighted by atomic mass is 15.2. The molecule has 1 saturated carbocycles. The first-order chi connectivity index (χ1) is 8.49. The van der Waals surface area contributed by atoms with Crippen LogP contribution >= 0.6 is 0 Å². The maximum Gasteiger partial charge on any atom is 0.0521 e. The van der Waals surface area contributed by atoms with E-state index in [0.717, 1.165) is 31.3 Å². The van der Waals surface area contributed by atoms with Crippen LogP contribution in [-0.4, -0.2) is 22.9 Å². The van der Waals surface area contributed by atoms with Gasteiger partial charge in [-0.1, -0.05) is 20.8 Å². The molecule has 1 fully saturated rings. The number of nitrogens with zero attached hydrogens (tertiary/aromatic N) is 2. The zero-order valence-electron chi connectivity index (χ0n) is 12.2. The zero-order valence-corrected chi connectivity index (χ0v) is 12.2. The molecule has 0 spiro atoms. The van der Waals surface area contributed by atoms with Crippen molar-refractivity contribution < 1.29 is 0 Å². The van der Waals surface area contributed by atoms with Crippen LogP contribution in [0, 0.1) is 17.3 Å². The van der Waals surface area contributed by atoms with E-state index in [-0.39, 0.29) is 0 Å². The smallest absolute Gasteiger partial charge is 0.0521 e. The molecule has 1 aliphatic carbocycles. The van der Waals surface area contributed by atoms with Gasteiger partial charge in [0.2, 0.25) is 0 Å². The van der Waals surface area contributed by atoms with Crippen molar-refractivity contribution in [2.45, 2.75) is 40.0 Å². The van der Waals surface area contributed by atoms with E-state index in [0.29, 0.717) is 5.41 Å². The van der Waals surface area contributed by atoms with Gasteiger partial charge in [0.15, 0.2) is 0 Å². The molecule has 1 N–H and O–H groups in total. The summed E-state index contributed by atoms with van der Waals surface area (Å²) in [6, 6.07) is 0. The monoisotopic (exact) mass is 249 g/mol. The summed E-state index contributed by atoms with van der Waals surface area (Å²) in [5.41, 5.74) is 1.77. The maximum absolute atomic E-state index is 4.29. The van der Waals surface area contributed by atoms with Crippen LogP contribution in [0.3, 0.4) is 0 Å². The molecule has 0 radical (unpaired) electrons. The summed E-state index contributed by atoms with van der Waals surface area (Å²) in [5, 5.41) is 7.93. The molecule has 1 aromatic rings. The van der Waals surface area contributed by atoms with Gasteiger partial charge in [-0.2, -0.15) is 5.10 Å². The molecule has 18 heavy (non-hydrogen) atoms. The van der Waals surface area contributed by atoms with Gasteiger partial charge in [-0.25, -0.2) is 0 Å². The molecule has 1 heterocycles. The lowest BCUT2D eigenvalue weighted by molar-refractivity contribution is 0.252. The highest BCUT2D eigenvalue weighted by Crippen LogP contribution is 2.47. The highest BCUT2D eigenvalue weighted by molar-refractivity contribution is 5.10. The molecule has 0 aliphatic heterocycles. The number of rotatable bonds is 7. The van der Waals surface area contributed by atoms with Crippen molar-refractivity contribution in [2.24, 2.45) is 24.3 Å². The maximum atomic E-state index is 4.29. The Morgan fingerprint density at radius 1 is 1.50 bits per heavy atom. The number of aromatic nitrogens is 2. The molecule has 0 bridgehead atoms. The van der Waals surface area contributed by atoms with Gasteiger partial charge in [-0.05, 0) is 48.6 Å². The molecule has 102 valence electrons. The van der Waals surface area contributed by atoms with E-state index >= 15 is 0 Å². The lowest BCUT2D eigenvalue weighted by Gasteiger charge is -2.30. The minimum atomic E-state index is 0.401. The van der Waals surface area contributed by atoms with Crippen molar-refractivity contribution in [3.63, 3.8) is 0 Å². The second kappa shape index (κ2) is 5.43. The third-order valence-corrected chi connectivity index (χ3v) is 4.01. The van der Waals surface area contributed by atoms with E-state index in [2.05, 4.69) is 37.4 Å².